The van der Waals surface area contributed by atoms with E-state index in [9.17, 15) is 14.4 Å². The number of hydrogen-bond acceptors (Lipinski definition) is 5. The molecule has 8 nitrogen and oxygen atoms in total. The van der Waals surface area contributed by atoms with Gasteiger partial charge in [0.1, 0.15) is 5.82 Å². The summed E-state index contributed by atoms with van der Waals surface area (Å²) in [4.78, 5) is 45.4. The van der Waals surface area contributed by atoms with Crippen molar-refractivity contribution >= 4 is 29.9 Å². The summed E-state index contributed by atoms with van der Waals surface area (Å²) in [7, 11) is 0. The van der Waals surface area contributed by atoms with Crippen LogP contribution in [0.5, 0.6) is 0 Å². The van der Waals surface area contributed by atoms with Gasteiger partial charge < -0.3 is 10.2 Å². The number of benzene rings is 1. The molecule has 2 heterocycles. The zero-order valence-electron chi connectivity index (χ0n) is 14.7. The Morgan fingerprint density at radius 3 is 2.41 bits per heavy atom. The van der Waals surface area contributed by atoms with E-state index in [-0.39, 0.29) is 12.4 Å². The first kappa shape index (κ1) is 18.5. The van der Waals surface area contributed by atoms with E-state index >= 15 is 0 Å². The first-order valence-corrected chi connectivity index (χ1v) is 8.64. The number of rotatable bonds is 4. The maximum atomic E-state index is 13.3. The Bertz CT molecular complexity index is 778. The lowest BCUT2D eigenvalue weighted by molar-refractivity contribution is 0.195. The summed E-state index contributed by atoms with van der Waals surface area (Å²) in [5, 5.41) is 3.18. The second-order valence-electron chi connectivity index (χ2n) is 5.89. The summed E-state index contributed by atoms with van der Waals surface area (Å²) in [6, 6.07) is 12.6. The number of amides is 4. The Morgan fingerprint density at radius 1 is 1.07 bits per heavy atom. The SMILES string of the molecule is O=[C]CN(C(=O)N(C(=O)N1CCNCC1)c1ccccc1)c1ccccn1. The number of carbonyl (C=O) groups is 2. The molecule has 3 rings (SSSR count). The molecule has 0 saturated carbocycles. The van der Waals surface area contributed by atoms with Gasteiger partial charge in [-0.2, -0.15) is 0 Å². The lowest BCUT2D eigenvalue weighted by atomic mass is 10.3. The normalized spacial score (nSPS) is 13.7. The van der Waals surface area contributed by atoms with Crippen LogP contribution in [0.25, 0.3) is 0 Å². The van der Waals surface area contributed by atoms with Crippen molar-refractivity contribution in [3.05, 3.63) is 54.7 Å². The summed E-state index contributed by atoms with van der Waals surface area (Å²) >= 11 is 0. The Kier molecular flexibility index (Phi) is 6.11. The Balaban J connectivity index is 1.96. The molecule has 0 aliphatic carbocycles. The molecule has 4 amide bonds. The topological polar surface area (TPSA) is 85.9 Å². The van der Waals surface area contributed by atoms with E-state index in [4.69, 9.17) is 0 Å². The van der Waals surface area contributed by atoms with Crippen molar-refractivity contribution in [1.29, 1.82) is 0 Å². The van der Waals surface area contributed by atoms with E-state index in [1.165, 1.54) is 6.20 Å². The second kappa shape index (κ2) is 8.91. The zero-order chi connectivity index (χ0) is 19.1. The van der Waals surface area contributed by atoms with E-state index in [1.807, 2.05) is 0 Å². The molecule has 0 spiro atoms. The first-order valence-electron chi connectivity index (χ1n) is 8.64. The molecule has 27 heavy (non-hydrogen) atoms. The summed E-state index contributed by atoms with van der Waals surface area (Å²) in [5.41, 5.74) is 0.429. The zero-order valence-corrected chi connectivity index (χ0v) is 14.7. The minimum absolute atomic E-state index is 0.278. The van der Waals surface area contributed by atoms with Crippen LogP contribution >= 0.6 is 0 Å². The van der Waals surface area contributed by atoms with Crippen molar-refractivity contribution in [3.8, 4) is 0 Å². The maximum Gasteiger partial charge on any atom is 0.338 e. The number of para-hydroxylation sites is 1. The average Bonchev–Trinajstić information content (AvgIpc) is 2.74. The standard InChI is InChI=1S/C19H20N5O3/c25-15-14-23(17-8-4-5-9-21-17)19(27)24(16-6-2-1-3-7-16)18(26)22-12-10-20-11-13-22/h1-9,20H,10-14H2. The minimum Gasteiger partial charge on any atom is -0.321 e. The molecule has 1 aliphatic heterocycles. The van der Waals surface area contributed by atoms with Crippen LogP contribution in [0.2, 0.25) is 0 Å². The largest absolute Gasteiger partial charge is 0.338 e. The molecular weight excluding hydrogens is 346 g/mol. The number of imide groups is 1. The van der Waals surface area contributed by atoms with E-state index in [0.717, 1.165) is 9.80 Å². The fourth-order valence-corrected chi connectivity index (χ4v) is 2.82. The van der Waals surface area contributed by atoms with Crippen LogP contribution in [0, 0.1) is 0 Å². The van der Waals surface area contributed by atoms with E-state index in [0.29, 0.717) is 31.9 Å². The highest BCUT2D eigenvalue weighted by Gasteiger charge is 2.33. The number of nitrogens with zero attached hydrogens (tertiary/aromatic N) is 4. The summed E-state index contributed by atoms with van der Waals surface area (Å²) in [6.07, 6.45) is 3.24. The molecule has 1 aromatic heterocycles. The van der Waals surface area contributed by atoms with Gasteiger partial charge in [-0.05, 0) is 24.3 Å². The lowest BCUT2D eigenvalue weighted by Crippen LogP contribution is -2.56. The van der Waals surface area contributed by atoms with Gasteiger partial charge in [0.25, 0.3) is 0 Å². The van der Waals surface area contributed by atoms with Gasteiger partial charge in [0, 0.05) is 32.4 Å². The van der Waals surface area contributed by atoms with Gasteiger partial charge in [0.05, 0.1) is 12.2 Å². The van der Waals surface area contributed by atoms with Crippen molar-refractivity contribution in [2.24, 2.45) is 0 Å². The number of hydrogen-bond donors (Lipinski definition) is 1. The molecule has 139 valence electrons. The fourth-order valence-electron chi connectivity index (χ4n) is 2.82. The third-order valence-corrected chi connectivity index (χ3v) is 4.16. The van der Waals surface area contributed by atoms with Gasteiger partial charge in [0.2, 0.25) is 6.29 Å². The molecule has 1 radical (unpaired) electrons. The minimum atomic E-state index is -0.646. The van der Waals surface area contributed by atoms with Gasteiger partial charge in [-0.1, -0.05) is 24.3 Å². The van der Waals surface area contributed by atoms with Crippen molar-refractivity contribution < 1.29 is 14.4 Å². The fraction of sp³-hybridized carbons (Fsp3) is 0.263. The lowest BCUT2D eigenvalue weighted by Gasteiger charge is -2.34. The van der Waals surface area contributed by atoms with Gasteiger partial charge in [0.15, 0.2) is 0 Å². The molecule has 1 N–H and O–H groups in total. The Hall–Kier alpha value is -3.26. The number of aromatic nitrogens is 1. The second-order valence-corrected chi connectivity index (χ2v) is 5.89. The number of urea groups is 2. The predicted octanol–water partition coefficient (Wildman–Crippen LogP) is 1.65. The summed E-state index contributed by atoms with van der Waals surface area (Å²) in [5.74, 6) is 0.278. The van der Waals surface area contributed by atoms with Crippen LogP contribution in [0.4, 0.5) is 21.1 Å². The van der Waals surface area contributed by atoms with Gasteiger partial charge >= 0.3 is 12.1 Å². The molecular formula is C19H20N5O3. The third-order valence-electron chi connectivity index (χ3n) is 4.16. The maximum absolute atomic E-state index is 13.3. The van der Waals surface area contributed by atoms with Gasteiger partial charge in [-0.25, -0.2) is 19.5 Å². The predicted molar refractivity (Wildman–Crippen MR) is 101 cm³/mol. The van der Waals surface area contributed by atoms with Crippen molar-refractivity contribution in [1.82, 2.24) is 15.2 Å². The average molecular weight is 366 g/mol. The quantitative estimate of drug-likeness (QED) is 0.889. The van der Waals surface area contributed by atoms with E-state index in [2.05, 4.69) is 10.3 Å². The van der Waals surface area contributed by atoms with E-state index < -0.39 is 12.1 Å². The summed E-state index contributed by atoms with van der Waals surface area (Å²) < 4.78 is 0. The number of pyridine rings is 1. The highest BCUT2D eigenvalue weighted by Crippen LogP contribution is 2.21. The van der Waals surface area contributed by atoms with Crippen LogP contribution in [0.15, 0.2) is 54.7 Å². The molecule has 1 aliphatic rings. The van der Waals surface area contributed by atoms with Gasteiger partial charge in [-0.15, -0.1) is 0 Å². The van der Waals surface area contributed by atoms with Crippen LogP contribution < -0.4 is 15.1 Å². The Labute approximate surface area is 157 Å². The highest BCUT2D eigenvalue weighted by atomic mass is 16.2. The number of nitrogens with one attached hydrogen (secondary N) is 1. The molecule has 0 unspecified atom stereocenters. The number of anilines is 2. The molecule has 1 saturated heterocycles. The third kappa shape index (κ3) is 4.29. The van der Waals surface area contributed by atoms with E-state index in [1.54, 1.807) is 59.7 Å². The van der Waals surface area contributed by atoms with Gasteiger partial charge in [-0.3, -0.25) is 9.69 Å². The monoisotopic (exact) mass is 366 g/mol. The molecule has 2 aromatic rings. The van der Waals surface area contributed by atoms with Crippen LogP contribution in [-0.4, -0.2) is 61.0 Å². The first-order chi connectivity index (χ1) is 13.2. The number of piperazine rings is 1. The van der Waals surface area contributed by atoms with Crippen molar-refractivity contribution in [2.75, 3.05) is 42.5 Å². The molecule has 8 heteroatoms. The summed E-state index contributed by atoms with van der Waals surface area (Å²) in [6.45, 7) is 1.99. The number of carbonyl (C=O) groups excluding carboxylic acids is 3. The molecule has 0 bridgehead atoms. The van der Waals surface area contributed by atoms with Crippen molar-refractivity contribution in [2.45, 2.75) is 0 Å². The van der Waals surface area contributed by atoms with Crippen LogP contribution in [0.3, 0.4) is 0 Å². The molecule has 1 aromatic carbocycles. The van der Waals surface area contributed by atoms with Crippen molar-refractivity contribution in [3.63, 3.8) is 0 Å². The molecule has 1 fully saturated rings. The van der Waals surface area contributed by atoms with Crippen LogP contribution in [0.1, 0.15) is 0 Å². The molecule has 0 atom stereocenters. The smallest absolute Gasteiger partial charge is 0.321 e. The van der Waals surface area contributed by atoms with Crippen LogP contribution in [-0.2, 0) is 4.79 Å². The Morgan fingerprint density at radius 2 is 1.78 bits per heavy atom. The highest BCUT2D eigenvalue weighted by molar-refractivity contribution is 6.19.